The van der Waals surface area contributed by atoms with Gasteiger partial charge in [-0.25, -0.2) is 9.59 Å². The number of ether oxygens (including phenoxy) is 1. The van der Waals surface area contributed by atoms with Gasteiger partial charge in [0.2, 0.25) is 11.7 Å². The molecule has 0 bridgehead atoms. The van der Waals surface area contributed by atoms with Crippen LogP contribution in [0.2, 0.25) is 0 Å². The van der Waals surface area contributed by atoms with Crippen molar-refractivity contribution in [2.45, 2.75) is 31.7 Å². The molecule has 19 heavy (non-hydrogen) atoms. The van der Waals surface area contributed by atoms with Crippen molar-refractivity contribution >= 4 is 29.6 Å². The predicted molar refractivity (Wildman–Crippen MR) is 59.4 cm³/mol. The van der Waals surface area contributed by atoms with Gasteiger partial charge < -0.3 is 21.3 Å². The standard InChI is InChI=1S/C10H14N2O7/c11-5(1-3-7(12)14)10(18)19-8(15)4-2-6(13)9(16)17/h5H,1-4,11H2,(H2,12,14)(H,16,17)/t5-/m0/s1. The van der Waals surface area contributed by atoms with Gasteiger partial charge in [-0.1, -0.05) is 0 Å². The van der Waals surface area contributed by atoms with Gasteiger partial charge in [-0.05, 0) is 6.42 Å². The number of esters is 2. The molecule has 0 aromatic heterocycles. The molecule has 0 aliphatic rings. The van der Waals surface area contributed by atoms with Crippen molar-refractivity contribution in [3.8, 4) is 0 Å². The molecular formula is C10H14N2O7. The SMILES string of the molecule is NC(=O)CC[C@H](N)C(=O)OC(=O)CCC(=O)C(=O)O. The lowest BCUT2D eigenvalue weighted by Crippen LogP contribution is -2.35. The van der Waals surface area contributed by atoms with Crippen LogP contribution in [0.3, 0.4) is 0 Å². The molecule has 0 saturated carbocycles. The van der Waals surface area contributed by atoms with Crippen LogP contribution in [0.25, 0.3) is 0 Å². The van der Waals surface area contributed by atoms with E-state index in [-0.39, 0.29) is 12.8 Å². The third-order valence-electron chi connectivity index (χ3n) is 2.01. The molecule has 9 nitrogen and oxygen atoms in total. The van der Waals surface area contributed by atoms with E-state index < -0.39 is 48.5 Å². The molecule has 9 heteroatoms. The molecule has 0 aromatic carbocycles. The Kier molecular flexibility index (Phi) is 6.97. The third-order valence-corrected chi connectivity index (χ3v) is 2.01. The first-order chi connectivity index (χ1) is 8.73. The molecule has 5 N–H and O–H groups in total. The molecule has 1 atom stereocenters. The van der Waals surface area contributed by atoms with Gasteiger partial charge >= 0.3 is 17.9 Å². The van der Waals surface area contributed by atoms with Crippen molar-refractivity contribution in [2.24, 2.45) is 11.5 Å². The number of aliphatic carboxylic acids is 1. The normalized spacial score (nSPS) is 11.4. The number of primary amides is 1. The van der Waals surface area contributed by atoms with Gasteiger partial charge in [-0.3, -0.25) is 14.4 Å². The van der Waals surface area contributed by atoms with Gasteiger partial charge in [0, 0.05) is 12.8 Å². The maximum absolute atomic E-state index is 11.2. The van der Waals surface area contributed by atoms with Crippen LogP contribution in [0.1, 0.15) is 25.7 Å². The fourth-order valence-electron chi connectivity index (χ4n) is 0.977. The summed E-state index contributed by atoms with van der Waals surface area (Å²) in [6.07, 6.45) is -1.32. The highest BCUT2D eigenvalue weighted by atomic mass is 16.6. The second-order valence-electron chi connectivity index (χ2n) is 3.63. The average molecular weight is 274 g/mol. The Morgan fingerprint density at radius 2 is 1.63 bits per heavy atom. The first kappa shape index (κ1) is 16.7. The van der Waals surface area contributed by atoms with Crippen molar-refractivity contribution in [3.05, 3.63) is 0 Å². The molecule has 0 fully saturated rings. The Bertz CT molecular complexity index is 405. The highest BCUT2D eigenvalue weighted by Crippen LogP contribution is 2.00. The molecule has 0 heterocycles. The zero-order valence-corrected chi connectivity index (χ0v) is 9.96. The lowest BCUT2D eigenvalue weighted by molar-refractivity contribution is -0.161. The Morgan fingerprint density at radius 1 is 1.05 bits per heavy atom. The summed E-state index contributed by atoms with van der Waals surface area (Å²) in [6, 6.07) is -1.19. The minimum absolute atomic E-state index is 0.0739. The molecule has 0 rings (SSSR count). The number of Topliss-reactive ketones (excluding diaryl/α,β-unsaturated/α-hetero) is 1. The molecule has 0 aromatic rings. The molecule has 0 radical (unpaired) electrons. The van der Waals surface area contributed by atoms with E-state index in [9.17, 15) is 24.0 Å². The summed E-state index contributed by atoms with van der Waals surface area (Å²) in [5.41, 5.74) is 10.2. The van der Waals surface area contributed by atoms with Gasteiger partial charge in [0.25, 0.3) is 0 Å². The van der Waals surface area contributed by atoms with E-state index in [1.165, 1.54) is 0 Å². The molecule has 106 valence electrons. The van der Waals surface area contributed by atoms with E-state index in [0.29, 0.717) is 0 Å². The zero-order chi connectivity index (χ0) is 15.0. The third kappa shape index (κ3) is 7.60. The van der Waals surface area contributed by atoms with E-state index in [0.717, 1.165) is 0 Å². The predicted octanol–water partition coefficient (Wildman–Crippen LogP) is -1.92. The second-order valence-corrected chi connectivity index (χ2v) is 3.63. The van der Waals surface area contributed by atoms with Crippen molar-refractivity contribution in [3.63, 3.8) is 0 Å². The van der Waals surface area contributed by atoms with E-state index >= 15 is 0 Å². The maximum Gasteiger partial charge on any atom is 0.372 e. The number of carbonyl (C=O) groups excluding carboxylic acids is 4. The molecule has 0 aliphatic carbocycles. The first-order valence-electron chi connectivity index (χ1n) is 5.28. The lowest BCUT2D eigenvalue weighted by Gasteiger charge is -2.08. The van der Waals surface area contributed by atoms with Gasteiger partial charge in [0.15, 0.2) is 0 Å². The highest BCUT2D eigenvalue weighted by molar-refractivity contribution is 6.32. The van der Waals surface area contributed by atoms with Crippen molar-refractivity contribution in [2.75, 3.05) is 0 Å². The largest absolute Gasteiger partial charge is 0.476 e. The van der Waals surface area contributed by atoms with Gasteiger partial charge in [-0.15, -0.1) is 0 Å². The van der Waals surface area contributed by atoms with Crippen LogP contribution in [0.5, 0.6) is 0 Å². The Morgan fingerprint density at radius 3 is 2.11 bits per heavy atom. The molecular weight excluding hydrogens is 260 g/mol. The molecule has 0 unspecified atom stereocenters. The van der Waals surface area contributed by atoms with Crippen LogP contribution < -0.4 is 11.5 Å². The number of nitrogens with two attached hydrogens (primary N) is 2. The number of carboxylic acid groups (broad SMARTS) is 1. The van der Waals surface area contributed by atoms with E-state index in [1.807, 2.05) is 0 Å². The van der Waals surface area contributed by atoms with Gasteiger partial charge in [0.1, 0.15) is 6.04 Å². The molecule has 0 saturated heterocycles. The number of carbonyl (C=O) groups is 5. The number of hydrogen-bond donors (Lipinski definition) is 3. The number of rotatable bonds is 8. The van der Waals surface area contributed by atoms with Crippen molar-refractivity contribution in [1.29, 1.82) is 0 Å². The number of amides is 1. The summed E-state index contributed by atoms with van der Waals surface area (Å²) < 4.78 is 4.27. The van der Waals surface area contributed by atoms with Crippen molar-refractivity contribution < 1.29 is 33.8 Å². The van der Waals surface area contributed by atoms with Crippen LogP contribution in [-0.4, -0.2) is 40.7 Å². The molecule has 0 aliphatic heterocycles. The summed E-state index contributed by atoms with van der Waals surface area (Å²) in [7, 11) is 0. The van der Waals surface area contributed by atoms with E-state index in [2.05, 4.69) is 4.74 Å². The molecule has 0 spiro atoms. The highest BCUT2D eigenvalue weighted by Gasteiger charge is 2.21. The monoisotopic (exact) mass is 274 g/mol. The van der Waals surface area contributed by atoms with Crippen molar-refractivity contribution in [1.82, 2.24) is 0 Å². The quantitative estimate of drug-likeness (QED) is 0.261. The summed E-state index contributed by atoms with van der Waals surface area (Å²) in [5.74, 6) is -5.61. The topological polar surface area (TPSA) is 167 Å². The first-order valence-corrected chi connectivity index (χ1v) is 5.28. The summed E-state index contributed by atoms with van der Waals surface area (Å²) in [5, 5.41) is 8.25. The lowest BCUT2D eigenvalue weighted by atomic mass is 10.1. The number of carboxylic acids is 1. The zero-order valence-electron chi connectivity index (χ0n) is 9.96. The molecule has 1 amide bonds. The summed E-state index contributed by atoms with van der Waals surface area (Å²) in [6.45, 7) is 0. The van der Waals surface area contributed by atoms with Crippen LogP contribution in [0.15, 0.2) is 0 Å². The minimum Gasteiger partial charge on any atom is -0.476 e. The van der Waals surface area contributed by atoms with Crippen LogP contribution in [0.4, 0.5) is 0 Å². The average Bonchev–Trinajstić information content (AvgIpc) is 2.32. The van der Waals surface area contributed by atoms with Crippen LogP contribution in [0, 0.1) is 0 Å². The van der Waals surface area contributed by atoms with E-state index in [1.54, 1.807) is 0 Å². The fraction of sp³-hybridized carbons (Fsp3) is 0.500. The number of hydrogen-bond acceptors (Lipinski definition) is 7. The maximum atomic E-state index is 11.2. The van der Waals surface area contributed by atoms with E-state index in [4.69, 9.17) is 16.6 Å². The minimum atomic E-state index is -1.67. The fourth-order valence-corrected chi connectivity index (χ4v) is 0.977. The van der Waals surface area contributed by atoms with Crippen LogP contribution >= 0.6 is 0 Å². The van der Waals surface area contributed by atoms with Gasteiger partial charge in [-0.2, -0.15) is 0 Å². The number of ketones is 1. The van der Waals surface area contributed by atoms with Crippen LogP contribution in [-0.2, 0) is 28.7 Å². The smallest absolute Gasteiger partial charge is 0.372 e. The summed E-state index contributed by atoms with van der Waals surface area (Å²) >= 11 is 0. The Labute approximate surface area is 107 Å². The Balaban J connectivity index is 4.05. The second kappa shape index (κ2) is 7.93. The summed E-state index contributed by atoms with van der Waals surface area (Å²) in [4.78, 5) is 53.6. The Hall–Kier alpha value is -2.29. The van der Waals surface area contributed by atoms with Gasteiger partial charge in [0.05, 0.1) is 6.42 Å².